The molecule has 1 amide bonds. The standard InChI is InChI=1S/C23H26F3N3O4.CH4S/c1-12-3-4-15(30)8-17(12)21-5-6-29(11-23(24,25)26)13(2)22(21,33)9-14-7-16(19(27)31)20(32)28-18(14)10-21;1-2/h3-4,7-8,13,30,33H,5-6,9-11H2,1-2H3,(H2,27,31)(H,28,32);2H,1H3/t13?,21-,22?;/m1./s1. The Balaban J connectivity index is 0.00000167. The van der Waals surface area contributed by atoms with Crippen LogP contribution >= 0.6 is 12.6 Å². The number of piperidine rings is 1. The Labute approximate surface area is 206 Å². The van der Waals surface area contributed by atoms with Crippen molar-refractivity contribution in [2.24, 2.45) is 5.73 Å². The van der Waals surface area contributed by atoms with Crippen molar-refractivity contribution in [3.63, 3.8) is 0 Å². The third-order valence-electron chi connectivity index (χ3n) is 7.43. The van der Waals surface area contributed by atoms with Crippen LogP contribution in [0.2, 0.25) is 0 Å². The van der Waals surface area contributed by atoms with Gasteiger partial charge in [0.1, 0.15) is 11.3 Å². The highest BCUT2D eigenvalue weighted by molar-refractivity contribution is 7.79. The number of aromatic nitrogens is 1. The summed E-state index contributed by atoms with van der Waals surface area (Å²) in [7, 11) is 0. The van der Waals surface area contributed by atoms with Crippen LogP contribution in [0.5, 0.6) is 5.75 Å². The maximum atomic E-state index is 13.3. The van der Waals surface area contributed by atoms with Crippen LogP contribution in [0, 0.1) is 6.92 Å². The number of aromatic amines is 1. The Morgan fingerprint density at radius 3 is 2.54 bits per heavy atom. The molecule has 0 radical (unpaired) electrons. The second kappa shape index (κ2) is 9.51. The number of phenolic OH excluding ortho intramolecular Hbond substituents is 1. The number of benzene rings is 1. The number of aryl methyl sites for hydroxylation is 1. The first-order valence-corrected chi connectivity index (χ1v) is 12.0. The highest BCUT2D eigenvalue weighted by atomic mass is 32.1. The molecule has 5 N–H and O–H groups in total. The SMILES string of the molecule is CS.Cc1ccc(O)cc1[C@]12CCN(CC(F)(F)F)C(C)C1(O)Cc1cc(C(N)=O)c(=O)[nH]c1C2. The third kappa shape index (κ3) is 4.68. The van der Waals surface area contributed by atoms with Crippen molar-refractivity contribution in [3.8, 4) is 5.75 Å². The molecular formula is C24H30F3N3O4S. The number of thiol groups is 1. The van der Waals surface area contributed by atoms with Crippen molar-refractivity contribution in [2.75, 3.05) is 19.3 Å². The molecule has 2 aliphatic rings. The molecule has 3 atom stereocenters. The van der Waals surface area contributed by atoms with Crippen molar-refractivity contribution in [2.45, 2.75) is 56.3 Å². The molecule has 2 unspecified atom stereocenters. The number of hydrogen-bond acceptors (Lipinski definition) is 6. The van der Waals surface area contributed by atoms with Crippen LogP contribution < -0.4 is 11.3 Å². The summed E-state index contributed by atoms with van der Waals surface area (Å²) in [6.45, 7) is 2.27. The number of hydrogen-bond donors (Lipinski definition) is 5. The first kappa shape index (κ1) is 27.1. The van der Waals surface area contributed by atoms with Gasteiger partial charge in [-0.15, -0.1) is 0 Å². The average molecular weight is 514 g/mol. The predicted octanol–water partition coefficient (Wildman–Crippen LogP) is 2.46. The molecule has 35 heavy (non-hydrogen) atoms. The van der Waals surface area contributed by atoms with Crippen molar-refractivity contribution < 1.29 is 28.2 Å². The quantitative estimate of drug-likeness (QED) is 0.404. The number of likely N-dealkylation sites (tertiary alicyclic amines) is 1. The molecule has 4 rings (SSSR count). The fourth-order valence-electron chi connectivity index (χ4n) is 5.74. The van der Waals surface area contributed by atoms with Crippen molar-refractivity contribution in [1.29, 1.82) is 0 Å². The van der Waals surface area contributed by atoms with Gasteiger partial charge in [0.25, 0.3) is 11.5 Å². The number of H-pyrrole nitrogens is 1. The smallest absolute Gasteiger partial charge is 0.401 e. The second-order valence-corrected chi connectivity index (χ2v) is 9.25. The van der Waals surface area contributed by atoms with Gasteiger partial charge in [-0.3, -0.25) is 14.5 Å². The molecule has 1 aromatic heterocycles. The van der Waals surface area contributed by atoms with Gasteiger partial charge >= 0.3 is 6.18 Å². The molecule has 1 aliphatic carbocycles. The summed E-state index contributed by atoms with van der Waals surface area (Å²) in [5, 5.41) is 22.4. The summed E-state index contributed by atoms with van der Waals surface area (Å²) in [5.74, 6) is -0.955. The van der Waals surface area contributed by atoms with E-state index in [1.807, 2.05) is 6.92 Å². The van der Waals surface area contributed by atoms with Gasteiger partial charge in [0.2, 0.25) is 0 Å². The average Bonchev–Trinajstić information content (AvgIpc) is 2.77. The largest absolute Gasteiger partial charge is 0.508 e. The van der Waals surface area contributed by atoms with E-state index in [0.29, 0.717) is 16.8 Å². The number of carbonyl (C=O) groups excluding carboxylic acids is 1. The molecule has 1 saturated heterocycles. The van der Waals surface area contributed by atoms with Gasteiger partial charge in [-0.05, 0) is 68.0 Å². The highest BCUT2D eigenvalue weighted by Crippen LogP contribution is 2.53. The number of amides is 1. The van der Waals surface area contributed by atoms with Gasteiger partial charge < -0.3 is 20.9 Å². The number of nitrogens with two attached hydrogens (primary N) is 1. The van der Waals surface area contributed by atoms with Crippen LogP contribution in [0.15, 0.2) is 29.1 Å². The van der Waals surface area contributed by atoms with Crippen LogP contribution in [0.1, 0.15) is 46.1 Å². The molecule has 0 spiro atoms. The lowest BCUT2D eigenvalue weighted by atomic mass is 9.53. The number of fused-ring (bicyclic) bond motifs is 2. The van der Waals surface area contributed by atoms with E-state index in [1.165, 1.54) is 23.1 Å². The minimum Gasteiger partial charge on any atom is -0.508 e. The number of nitrogens with one attached hydrogen (secondary N) is 1. The summed E-state index contributed by atoms with van der Waals surface area (Å²) in [6.07, 6.45) is -2.54. The van der Waals surface area contributed by atoms with Crippen LogP contribution in [-0.4, -0.2) is 63.2 Å². The molecule has 2 aromatic rings. The monoisotopic (exact) mass is 513 g/mol. The van der Waals surface area contributed by atoms with Gasteiger partial charge in [0, 0.05) is 30.0 Å². The van der Waals surface area contributed by atoms with Crippen LogP contribution in [0.4, 0.5) is 13.2 Å². The molecule has 192 valence electrons. The number of aromatic hydroxyl groups is 1. The second-order valence-electron chi connectivity index (χ2n) is 9.25. The minimum atomic E-state index is -4.44. The topological polar surface area (TPSA) is 120 Å². The minimum absolute atomic E-state index is 0.0268. The zero-order valence-corrected chi connectivity index (χ0v) is 20.6. The molecule has 1 aliphatic heterocycles. The van der Waals surface area contributed by atoms with Gasteiger partial charge in [-0.2, -0.15) is 25.8 Å². The van der Waals surface area contributed by atoms with E-state index in [2.05, 4.69) is 17.6 Å². The Hall–Kier alpha value is -2.50. The molecule has 1 fully saturated rings. The van der Waals surface area contributed by atoms with E-state index in [0.717, 1.165) is 5.56 Å². The van der Waals surface area contributed by atoms with Gasteiger partial charge in [-0.25, -0.2) is 0 Å². The number of phenols is 1. The first-order valence-electron chi connectivity index (χ1n) is 11.1. The lowest BCUT2D eigenvalue weighted by molar-refractivity contribution is -0.190. The molecule has 1 aromatic carbocycles. The van der Waals surface area contributed by atoms with Crippen molar-refractivity contribution in [1.82, 2.24) is 9.88 Å². The van der Waals surface area contributed by atoms with Crippen LogP contribution in [-0.2, 0) is 18.3 Å². The summed E-state index contributed by atoms with van der Waals surface area (Å²) >= 11 is 3.53. The Kier molecular flexibility index (Phi) is 7.36. The number of aliphatic hydroxyl groups is 1. The van der Waals surface area contributed by atoms with Gasteiger partial charge in [0.15, 0.2) is 0 Å². The number of rotatable bonds is 3. The summed E-state index contributed by atoms with van der Waals surface area (Å²) in [6, 6.07) is 5.15. The van der Waals surface area contributed by atoms with Gasteiger partial charge in [-0.1, -0.05) is 6.07 Å². The summed E-state index contributed by atoms with van der Waals surface area (Å²) < 4.78 is 39.8. The lowest BCUT2D eigenvalue weighted by Gasteiger charge is -2.60. The number of pyridine rings is 1. The van der Waals surface area contributed by atoms with Crippen LogP contribution in [0.25, 0.3) is 0 Å². The molecule has 0 saturated carbocycles. The fraction of sp³-hybridized carbons (Fsp3) is 0.500. The summed E-state index contributed by atoms with van der Waals surface area (Å²) in [5.41, 5.74) is 3.96. The molecule has 2 heterocycles. The Morgan fingerprint density at radius 2 is 1.94 bits per heavy atom. The predicted molar refractivity (Wildman–Crippen MR) is 129 cm³/mol. The van der Waals surface area contributed by atoms with Crippen molar-refractivity contribution in [3.05, 3.63) is 62.6 Å². The van der Waals surface area contributed by atoms with Crippen LogP contribution in [0.3, 0.4) is 0 Å². The molecular weight excluding hydrogens is 483 g/mol. The van der Waals surface area contributed by atoms with E-state index in [1.54, 1.807) is 19.2 Å². The maximum Gasteiger partial charge on any atom is 0.401 e. The highest BCUT2D eigenvalue weighted by Gasteiger charge is 2.61. The van der Waals surface area contributed by atoms with Gasteiger partial charge in [0.05, 0.1) is 12.1 Å². The van der Waals surface area contributed by atoms with E-state index in [4.69, 9.17) is 5.73 Å². The van der Waals surface area contributed by atoms with Crippen molar-refractivity contribution >= 4 is 18.5 Å². The van der Waals surface area contributed by atoms with E-state index >= 15 is 0 Å². The summed E-state index contributed by atoms with van der Waals surface area (Å²) in [4.78, 5) is 28.0. The Bertz CT molecular complexity index is 1190. The molecule has 0 bridgehead atoms. The number of carbonyl (C=O) groups is 1. The van der Waals surface area contributed by atoms with E-state index in [-0.39, 0.29) is 37.1 Å². The van der Waals surface area contributed by atoms with E-state index in [9.17, 15) is 33.0 Å². The van der Waals surface area contributed by atoms with E-state index < -0.39 is 41.2 Å². The zero-order chi connectivity index (χ0) is 26.3. The molecule has 11 heteroatoms. The fourth-order valence-corrected chi connectivity index (χ4v) is 5.74. The first-order chi connectivity index (χ1) is 16.3. The lowest BCUT2D eigenvalue weighted by Crippen LogP contribution is -2.71. The number of nitrogens with zero attached hydrogens (tertiary/aromatic N) is 1. The normalized spacial score (nSPS) is 26.2. The Morgan fingerprint density at radius 1 is 1.29 bits per heavy atom. The number of halogens is 3. The number of alkyl halides is 3. The zero-order valence-electron chi connectivity index (χ0n) is 19.7. The number of primary amides is 1. The third-order valence-corrected chi connectivity index (χ3v) is 7.43. The maximum absolute atomic E-state index is 13.3. The molecule has 7 nitrogen and oxygen atoms in total.